The third kappa shape index (κ3) is 2.50. The zero-order chi connectivity index (χ0) is 14.8. The molecule has 0 aliphatic rings. The molecule has 0 spiro atoms. The lowest BCUT2D eigenvalue weighted by molar-refractivity contribution is 0.940. The highest BCUT2D eigenvalue weighted by molar-refractivity contribution is 5.93. The molecule has 3 N–H and O–H groups in total. The maximum atomic E-state index is 5.96. The number of nitrogen functional groups attached to an aromatic ring is 1. The average molecular weight is 279 g/mol. The Bertz CT molecular complexity index is 793. The molecule has 21 heavy (non-hydrogen) atoms. The predicted octanol–water partition coefficient (Wildman–Crippen LogP) is 3.22. The molecular weight excluding hydrogens is 262 g/mol. The van der Waals surface area contributed by atoms with Gasteiger partial charge in [-0.3, -0.25) is 4.98 Å². The Morgan fingerprint density at radius 1 is 1.14 bits per heavy atom. The molecule has 0 saturated heterocycles. The standard InChI is InChI=1S/C16H17N5/c1-3-14-20-15(17)10(2)16(21-14)19-13-8-4-7-12-11(13)6-5-9-18-12/h4-9H,3H2,1-2H3,(H3,17,19,20,21). The van der Waals surface area contributed by atoms with E-state index < -0.39 is 0 Å². The number of hydrogen-bond donors (Lipinski definition) is 2. The summed E-state index contributed by atoms with van der Waals surface area (Å²) in [6, 6.07) is 9.92. The van der Waals surface area contributed by atoms with E-state index in [2.05, 4.69) is 20.3 Å². The van der Waals surface area contributed by atoms with E-state index in [-0.39, 0.29) is 0 Å². The summed E-state index contributed by atoms with van der Waals surface area (Å²) in [5.41, 5.74) is 8.72. The number of hydrogen-bond acceptors (Lipinski definition) is 5. The molecule has 0 unspecified atom stereocenters. The van der Waals surface area contributed by atoms with Crippen molar-refractivity contribution in [1.29, 1.82) is 0 Å². The molecule has 3 aromatic rings. The molecule has 0 fully saturated rings. The fourth-order valence-electron chi connectivity index (χ4n) is 2.20. The van der Waals surface area contributed by atoms with Crippen LogP contribution in [0.1, 0.15) is 18.3 Å². The molecular formula is C16H17N5. The maximum absolute atomic E-state index is 5.96. The summed E-state index contributed by atoms with van der Waals surface area (Å²) >= 11 is 0. The third-order valence-electron chi connectivity index (χ3n) is 3.44. The van der Waals surface area contributed by atoms with Crippen LogP contribution in [0.4, 0.5) is 17.3 Å². The lowest BCUT2D eigenvalue weighted by Gasteiger charge is -2.13. The first-order valence-corrected chi connectivity index (χ1v) is 6.92. The van der Waals surface area contributed by atoms with Gasteiger partial charge in [0.05, 0.1) is 5.52 Å². The second kappa shape index (κ2) is 5.36. The molecule has 0 radical (unpaired) electrons. The molecule has 0 bridgehead atoms. The number of nitrogens with zero attached hydrogens (tertiary/aromatic N) is 3. The Morgan fingerprint density at radius 3 is 2.81 bits per heavy atom. The first-order valence-electron chi connectivity index (χ1n) is 6.92. The minimum absolute atomic E-state index is 0.516. The Hall–Kier alpha value is -2.69. The number of nitrogens with one attached hydrogen (secondary N) is 1. The Labute approximate surface area is 123 Å². The average Bonchev–Trinajstić information content (AvgIpc) is 2.52. The lowest BCUT2D eigenvalue weighted by Crippen LogP contribution is -2.06. The van der Waals surface area contributed by atoms with Gasteiger partial charge in [0.25, 0.3) is 0 Å². The van der Waals surface area contributed by atoms with Gasteiger partial charge in [-0.2, -0.15) is 0 Å². The van der Waals surface area contributed by atoms with Crippen molar-refractivity contribution in [3.8, 4) is 0 Å². The number of aryl methyl sites for hydroxylation is 1. The Kier molecular flexibility index (Phi) is 3.39. The van der Waals surface area contributed by atoms with Gasteiger partial charge in [-0.05, 0) is 31.2 Å². The van der Waals surface area contributed by atoms with E-state index in [4.69, 9.17) is 5.73 Å². The fraction of sp³-hybridized carbons (Fsp3) is 0.188. The van der Waals surface area contributed by atoms with Crippen LogP contribution in [-0.2, 0) is 6.42 Å². The van der Waals surface area contributed by atoms with Gasteiger partial charge in [-0.15, -0.1) is 0 Å². The van der Waals surface area contributed by atoms with E-state index in [9.17, 15) is 0 Å². The van der Waals surface area contributed by atoms with Crippen LogP contribution in [0, 0.1) is 6.92 Å². The number of fused-ring (bicyclic) bond motifs is 1. The van der Waals surface area contributed by atoms with Crippen molar-refractivity contribution < 1.29 is 0 Å². The van der Waals surface area contributed by atoms with Crippen LogP contribution < -0.4 is 11.1 Å². The highest BCUT2D eigenvalue weighted by Gasteiger charge is 2.09. The van der Waals surface area contributed by atoms with Gasteiger partial charge in [-0.25, -0.2) is 9.97 Å². The van der Waals surface area contributed by atoms with Crippen LogP contribution >= 0.6 is 0 Å². The van der Waals surface area contributed by atoms with Gasteiger partial charge in [0, 0.05) is 29.3 Å². The molecule has 0 atom stereocenters. The number of rotatable bonds is 3. The quantitative estimate of drug-likeness (QED) is 0.769. The largest absolute Gasteiger partial charge is 0.383 e. The summed E-state index contributed by atoms with van der Waals surface area (Å²) in [4.78, 5) is 13.2. The van der Waals surface area contributed by atoms with Crippen LogP contribution in [0.5, 0.6) is 0 Å². The lowest BCUT2D eigenvalue weighted by atomic mass is 10.1. The molecule has 0 aliphatic carbocycles. The van der Waals surface area contributed by atoms with Crippen molar-refractivity contribution in [3.63, 3.8) is 0 Å². The minimum atomic E-state index is 0.516. The van der Waals surface area contributed by atoms with Gasteiger partial charge in [0.2, 0.25) is 0 Å². The number of aromatic nitrogens is 3. The van der Waals surface area contributed by atoms with E-state index in [0.29, 0.717) is 5.82 Å². The van der Waals surface area contributed by atoms with Crippen molar-refractivity contribution in [2.24, 2.45) is 0 Å². The molecule has 0 saturated carbocycles. The van der Waals surface area contributed by atoms with E-state index >= 15 is 0 Å². The molecule has 2 aromatic heterocycles. The predicted molar refractivity (Wildman–Crippen MR) is 85.6 cm³/mol. The van der Waals surface area contributed by atoms with Crippen LogP contribution in [0.25, 0.3) is 10.9 Å². The first-order chi connectivity index (χ1) is 10.2. The summed E-state index contributed by atoms with van der Waals surface area (Å²) in [7, 11) is 0. The third-order valence-corrected chi connectivity index (χ3v) is 3.44. The number of benzene rings is 1. The Balaban J connectivity index is 2.09. The number of nitrogens with two attached hydrogens (primary N) is 1. The minimum Gasteiger partial charge on any atom is -0.383 e. The van der Waals surface area contributed by atoms with Gasteiger partial charge < -0.3 is 11.1 Å². The summed E-state index contributed by atoms with van der Waals surface area (Å²) in [6.45, 7) is 3.93. The van der Waals surface area contributed by atoms with Crippen LogP contribution in [0.2, 0.25) is 0 Å². The zero-order valence-electron chi connectivity index (χ0n) is 12.1. The second-order valence-electron chi connectivity index (χ2n) is 4.85. The molecule has 2 heterocycles. The summed E-state index contributed by atoms with van der Waals surface area (Å²) in [5.74, 6) is 2.00. The summed E-state index contributed by atoms with van der Waals surface area (Å²) < 4.78 is 0. The molecule has 106 valence electrons. The molecule has 0 amide bonds. The van der Waals surface area contributed by atoms with E-state index in [0.717, 1.165) is 40.2 Å². The summed E-state index contributed by atoms with van der Waals surface area (Å²) in [6.07, 6.45) is 2.53. The van der Waals surface area contributed by atoms with Crippen molar-refractivity contribution in [2.45, 2.75) is 20.3 Å². The van der Waals surface area contributed by atoms with Gasteiger partial charge in [0.1, 0.15) is 17.5 Å². The van der Waals surface area contributed by atoms with Gasteiger partial charge in [0.15, 0.2) is 0 Å². The zero-order valence-corrected chi connectivity index (χ0v) is 12.1. The van der Waals surface area contributed by atoms with Crippen LogP contribution in [0.3, 0.4) is 0 Å². The van der Waals surface area contributed by atoms with E-state index in [1.165, 1.54) is 0 Å². The normalized spacial score (nSPS) is 10.8. The van der Waals surface area contributed by atoms with Crippen LogP contribution in [0.15, 0.2) is 36.5 Å². The topological polar surface area (TPSA) is 76.7 Å². The van der Waals surface area contributed by atoms with Crippen molar-refractivity contribution in [3.05, 3.63) is 47.9 Å². The summed E-state index contributed by atoms with van der Waals surface area (Å²) in [5, 5.41) is 4.41. The molecule has 5 nitrogen and oxygen atoms in total. The fourth-order valence-corrected chi connectivity index (χ4v) is 2.20. The smallest absolute Gasteiger partial charge is 0.139 e. The number of anilines is 3. The molecule has 0 aliphatic heterocycles. The number of pyridine rings is 1. The van der Waals surface area contributed by atoms with E-state index in [1.807, 2.05) is 44.2 Å². The van der Waals surface area contributed by atoms with E-state index in [1.54, 1.807) is 6.20 Å². The highest BCUT2D eigenvalue weighted by atomic mass is 15.1. The molecule has 5 heteroatoms. The highest BCUT2D eigenvalue weighted by Crippen LogP contribution is 2.27. The Morgan fingerprint density at radius 2 is 2.00 bits per heavy atom. The van der Waals surface area contributed by atoms with Gasteiger partial charge in [-0.1, -0.05) is 13.0 Å². The monoisotopic (exact) mass is 279 g/mol. The van der Waals surface area contributed by atoms with Crippen molar-refractivity contribution >= 4 is 28.2 Å². The SMILES string of the molecule is CCc1nc(N)c(C)c(Nc2cccc3ncccc23)n1. The maximum Gasteiger partial charge on any atom is 0.139 e. The molecule has 1 aromatic carbocycles. The van der Waals surface area contributed by atoms with Gasteiger partial charge >= 0.3 is 0 Å². The van der Waals surface area contributed by atoms with Crippen molar-refractivity contribution in [2.75, 3.05) is 11.1 Å². The van der Waals surface area contributed by atoms with Crippen molar-refractivity contribution in [1.82, 2.24) is 15.0 Å². The second-order valence-corrected chi connectivity index (χ2v) is 4.85. The van der Waals surface area contributed by atoms with Crippen LogP contribution in [-0.4, -0.2) is 15.0 Å². The first kappa shape index (κ1) is 13.3. The molecule has 3 rings (SSSR count).